The van der Waals surface area contributed by atoms with Gasteiger partial charge in [0, 0.05) is 39.3 Å². The Balaban J connectivity index is 2.37. The van der Waals surface area contributed by atoms with E-state index in [-0.39, 0.29) is 5.91 Å². The van der Waals surface area contributed by atoms with E-state index in [1.165, 1.54) is 0 Å². The number of piperazine rings is 1. The topological polar surface area (TPSA) is 38.8 Å². The largest absolute Gasteiger partial charge is 0.339 e. The van der Waals surface area contributed by atoms with E-state index in [9.17, 15) is 4.79 Å². The Hall–Kier alpha value is -0.650. The van der Waals surface area contributed by atoms with Gasteiger partial charge in [0.1, 0.15) is 0 Å². The first-order valence-corrected chi connectivity index (χ1v) is 6.72. The van der Waals surface area contributed by atoms with Crippen LogP contribution in [0.4, 0.5) is 0 Å². The van der Waals surface area contributed by atoms with Crippen molar-refractivity contribution >= 4 is 5.91 Å². The van der Waals surface area contributed by atoms with Crippen LogP contribution in [-0.4, -0.2) is 86.6 Å². The number of carbonyl (C=O) groups is 1. The summed E-state index contributed by atoms with van der Waals surface area (Å²) in [5.74, 6) is 0.206. The average Bonchev–Trinajstić information content (AvgIpc) is 2.36. The summed E-state index contributed by atoms with van der Waals surface area (Å²) in [6, 6.07) is 0. The second-order valence-corrected chi connectivity index (χ2v) is 5.81. The molecule has 1 aliphatic heterocycles. The number of likely N-dealkylation sites (N-methyl/N-ethyl adjacent to an activating group) is 2. The molecule has 1 rings (SSSR count). The fourth-order valence-corrected chi connectivity index (χ4v) is 2.02. The van der Waals surface area contributed by atoms with E-state index in [1.807, 2.05) is 25.8 Å². The summed E-state index contributed by atoms with van der Waals surface area (Å²) in [6.45, 7) is 9.70. The molecule has 0 radical (unpaired) electrons. The molecule has 0 unspecified atom stereocenters. The molecule has 0 bridgehead atoms. The molecule has 5 nitrogen and oxygen atoms in total. The maximum Gasteiger partial charge on any atom is 0.242 e. The molecule has 1 aliphatic rings. The van der Waals surface area contributed by atoms with Crippen molar-refractivity contribution in [2.24, 2.45) is 0 Å². The van der Waals surface area contributed by atoms with Gasteiger partial charge >= 0.3 is 0 Å². The van der Waals surface area contributed by atoms with E-state index < -0.39 is 5.54 Å². The van der Waals surface area contributed by atoms with Gasteiger partial charge < -0.3 is 15.1 Å². The maximum absolute atomic E-state index is 12.3. The van der Waals surface area contributed by atoms with Gasteiger partial charge in [0.2, 0.25) is 5.91 Å². The highest BCUT2D eigenvalue weighted by Crippen LogP contribution is 2.10. The Morgan fingerprint density at radius 1 is 1.22 bits per heavy atom. The summed E-state index contributed by atoms with van der Waals surface area (Å²) in [5.41, 5.74) is -0.453. The Labute approximate surface area is 111 Å². The van der Waals surface area contributed by atoms with E-state index in [4.69, 9.17) is 0 Å². The zero-order valence-corrected chi connectivity index (χ0v) is 12.5. The van der Waals surface area contributed by atoms with Crippen molar-refractivity contribution in [1.82, 2.24) is 20.0 Å². The third-order valence-corrected chi connectivity index (χ3v) is 3.68. The van der Waals surface area contributed by atoms with E-state index in [1.54, 1.807) is 0 Å². The van der Waals surface area contributed by atoms with Crippen LogP contribution in [0.15, 0.2) is 0 Å². The number of carbonyl (C=O) groups excluding carboxylic acids is 1. The molecular weight excluding hydrogens is 228 g/mol. The molecule has 18 heavy (non-hydrogen) atoms. The van der Waals surface area contributed by atoms with Crippen LogP contribution in [0.25, 0.3) is 0 Å². The van der Waals surface area contributed by atoms with Gasteiger partial charge in [-0.25, -0.2) is 0 Å². The van der Waals surface area contributed by atoms with Gasteiger partial charge in [0.25, 0.3) is 0 Å². The van der Waals surface area contributed by atoms with E-state index in [0.717, 1.165) is 39.3 Å². The quantitative estimate of drug-likeness (QED) is 0.732. The highest BCUT2D eigenvalue weighted by Gasteiger charge is 2.31. The summed E-state index contributed by atoms with van der Waals surface area (Å²) in [4.78, 5) is 18.9. The molecule has 0 aromatic rings. The van der Waals surface area contributed by atoms with Crippen molar-refractivity contribution in [2.45, 2.75) is 19.4 Å². The first-order chi connectivity index (χ1) is 8.36. The summed E-state index contributed by atoms with van der Waals surface area (Å²) in [6.07, 6.45) is 0. The summed E-state index contributed by atoms with van der Waals surface area (Å²) < 4.78 is 0. The van der Waals surface area contributed by atoms with Gasteiger partial charge in [-0.1, -0.05) is 0 Å². The fraction of sp³-hybridized carbons (Fsp3) is 0.923. The summed E-state index contributed by atoms with van der Waals surface area (Å²) in [5, 5.41) is 3.08. The van der Waals surface area contributed by atoms with Crippen LogP contribution >= 0.6 is 0 Å². The Kier molecular flexibility index (Phi) is 5.56. The Bertz CT molecular complexity index is 270. The molecule has 1 amide bonds. The minimum Gasteiger partial charge on any atom is -0.339 e. The second kappa shape index (κ2) is 6.50. The first-order valence-electron chi connectivity index (χ1n) is 6.72. The molecule has 1 N–H and O–H groups in total. The lowest BCUT2D eigenvalue weighted by atomic mass is 10.0. The highest BCUT2D eigenvalue weighted by molar-refractivity contribution is 5.85. The second-order valence-electron chi connectivity index (χ2n) is 5.81. The lowest BCUT2D eigenvalue weighted by Gasteiger charge is -2.38. The SMILES string of the molecule is CNC(C)(C)C(=O)N1CCN(CCN(C)C)CC1. The minimum atomic E-state index is -0.453. The molecule has 1 heterocycles. The normalized spacial score (nSPS) is 18.4. The van der Waals surface area contributed by atoms with Crippen LogP contribution in [0.3, 0.4) is 0 Å². The van der Waals surface area contributed by atoms with Crippen molar-refractivity contribution in [2.75, 3.05) is 60.4 Å². The predicted molar refractivity (Wildman–Crippen MR) is 74.7 cm³/mol. The third-order valence-electron chi connectivity index (χ3n) is 3.68. The lowest BCUT2D eigenvalue weighted by molar-refractivity contribution is -0.138. The highest BCUT2D eigenvalue weighted by atomic mass is 16.2. The van der Waals surface area contributed by atoms with Crippen LogP contribution in [0.2, 0.25) is 0 Å². The molecule has 1 fully saturated rings. The molecule has 0 saturated carbocycles. The molecule has 1 saturated heterocycles. The standard InChI is InChI=1S/C13H28N4O/c1-13(2,14-3)12(18)17-10-8-16(9-11-17)7-6-15(4)5/h14H,6-11H2,1-5H3. The number of nitrogens with zero attached hydrogens (tertiary/aromatic N) is 3. The average molecular weight is 256 g/mol. The van der Waals surface area contributed by atoms with E-state index in [0.29, 0.717) is 0 Å². The van der Waals surface area contributed by atoms with Crippen molar-refractivity contribution < 1.29 is 4.79 Å². The fourth-order valence-electron chi connectivity index (χ4n) is 2.02. The number of nitrogens with one attached hydrogen (secondary N) is 1. The number of hydrogen-bond donors (Lipinski definition) is 1. The van der Waals surface area contributed by atoms with Gasteiger partial charge in [0.15, 0.2) is 0 Å². The number of hydrogen-bond acceptors (Lipinski definition) is 4. The summed E-state index contributed by atoms with van der Waals surface area (Å²) in [7, 11) is 6.02. The van der Waals surface area contributed by atoms with Crippen LogP contribution in [0.1, 0.15) is 13.8 Å². The third kappa shape index (κ3) is 4.23. The molecular formula is C13H28N4O. The molecule has 106 valence electrons. The van der Waals surface area contributed by atoms with Crippen LogP contribution < -0.4 is 5.32 Å². The zero-order valence-electron chi connectivity index (χ0n) is 12.5. The number of rotatable bonds is 5. The van der Waals surface area contributed by atoms with E-state index in [2.05, 4.69) is 29.2 Å². The van der Waals surface area contributed by atoms with E-state index >= 15 is 0 Å². The molecule has 5 heteroatoms. The molecule has 0 spiro atoms. The predicted octanol–water partition coefficient (Wildman–Crippen LogP) is -0.310. The van der Waals surface area contributed by atoms with Crippen LogP contribution in [0.5, 0.6) is 0 Å². The lowest BCUT2D eigenvalue weighted by Crippen LogP contribution is -2.58. The maximum atomic E-state index is 12.3. The number of amides is 1. The zero-order chi connectivity index (χ0) is 13.8. The van der Waals surface area contributed by atoms with Crippen molar-refractivity contribution in [1.29, 1.82) is 0 Å². The minimum absolute atomic E-state index is 0.206. The summed E-state index contributed by atoms with van der Waals surface area (Å²) >= 11 is 0. The van der Waals surface area contributed by atoms with Gasteiger partial charge in [-0.15, -0.1) is 0 Å². The van der Waals surface area contributed by atoms with Gasteiger partial charge in [-0.2, -0.15) is 0 Å². The van der Waals surface area contributed by atoms with Gasteiger partial charge in [-0.05, 0) is 35.0 Å². The van der Waals surface area contributed by atoms with Crippen LogP contribution in [0, 0.1) is 0 Å². The van der Waals surface area contributed by atoms with Gasteiger partial charge in [-0.3, -0.25) is 9.69 Å². The smallest absolute Gasteiger partial charge is 0.242 e. The Morgan fingerprint density at radius 2 is 1.78 bits per heavy atom. The molecule has 0 aromatic heterocycles. The van der Waals surface area contributed by atoms with Crippen LogP contribution in [-0.2, 0) is 4.79 Å². The molecule has 0 aliphatic carbocycles. The van der Waals surface area contributed by atoms with Crippen molar-refractivity contribution in [3.8, 4) is 0 Å². The molecule has 0 aromatic carbocycles. The molecule has 0 atom stereocenters. The van der Waals surface area contributed by atoms with Crippen molar-refractivity contribution in [3.05, 3.63) is 0 Å². The van der Waals surface area contributed by atoms with Gasteiger partial charge in [0.05, 0.1) is 5.54 Å². The monoisotopic (exact) mass is 256 g/mol. The van der Waals surface area contributed by atoms with Crippen molar-refractivity contribution in [3.63, 3.8) is 0 Å². The Morgan fingerprint density at radius 3 is 2.22 bits per heavy atom. The first kappa shape index (κ1) is 15.4.